The summed E-state index contributed by atoms with van der Waals surface area (Å²) in [7, 11) is 0. The fraction of sp³-hybridized carbons (Fsp3) is 0.583. The molecule has 0 spiro atoms. The van der Waals surface area contributed by atoms with E-state index in [1.165, 1.54) is 24.2 Å². The topological polar surface area (TPSA) is 20.3 Å². The molecule has 0 saturated carbocycles. The van der Waals surface area contributed by atoms with E-state index in [1.54, 1.807) is 0 Å². The van der Waals surface area contributed by atoms with Crippen LogP contribution in [0.15, 0.2) is 15.9 Å². The number of amides is 1. The smallest absolute Gasteiger partial charge is 0.265 e. The fourth-order valence-corrected chi connectivity index (χ4v) is 3.65. The summed E-state index contributed by atoms with van der Waals surface area (Å²) in [5.41, 5.74) is 0. The van der Waals surface area contributed by atoms with E-state index in [0.29, 0.717) is 6.04 Å². The van der Waals surface area contributed by atoms with Crippen molar-refractivity contribution in [3.05, 3.63) is 20.8 Å². The van der Waals surface area contributed by atoms with Crippen LogP contribution in [0, 0.1) is 0 Å². The number of rotatable bonds is 1. The summed E-state index contributed by atoms with van der Waals surface area (Å²) in [6.45, 7) is 3.06. The van der Waals surface area contributed by atoms with Crippen molar-refractivity contribution < 1.29 is 4.79 Å². The molecule has 1 fully saturated rings. The van der Waals surface area contributed by atoms with Crippen LogP contribution in [0.25, 0.3) is 0 Å². The standard InChI is InChI=1S/C12H16BrNOS/c1-9-5-3-2-4-7-14(9)12(15)11-10(13)6-8-16-11/h6,8-9H,2-5,7H2,1H3. The molecule has 0 bridgehead atoms. The van der Waals surface area contributed by atoms with E-state index in [2.05, 4.69) is 22.9 Å². The Morgan fingerprint density at radius 2 is 2.31 bits per heavy atom. The molecule has 1 aliphatic heterocycles. The monoisotopic (exact) mass is 301 g/mol. The van der Waals surface area contributed by atoms with Crippen molar-refractivity contribution in [2.24, 2.45) is 0 Å². The maximum Gasteiger partial charge on any atom is 0.265 e. The van der Waals surface area contributed by atoms with Gasteiger partial charge in [0.25, 0.3) is 5.91 Å². The van der Waals surface area contributed by atoms with Crippen molar-refractivity contribution in [3.8, 4) is 0 Å². The number of carbonyl (C=O) groups excluding carboxylic acids is 1. The number of nitrogens with zero attached hydrogens (tertiary/aromatic N) is 1. The third-order valence-corrected chi connectivity index (χ3v) is 4.95. The minimum atomic E-state index is 0.191. The summed E-state index contributed by atoms with van der Waals surface area (Å²) in [5, 5.41) is 1.96. The van der Waals surface area contributed by atoms with Gasteiger partial charge >= 0.3 is 0 Å². The first-order valence-corrected chi connectivity index (χ1v) is 7.41. The second-order valence-electron chi connectivity index (χ2n) is 4.29. The predicted molar refractivity (Wildman–Crippen MR) is 71.0 cm³/mol. The third kappa shape index (κ3) is 2.48. The number of hydrogen-bond acceptors (Lipinski definition) is 2. The lowest BCUT2D eigenvalue weighted by Crippen LogP contribution is -2.37. The van der Waals surface area contributed by atoms with Gasteiger partial charge in [0.15, 0.2) is 0 Å². The first-order chi connectivity index (χ1) is 7.70. The number of likely N-dealkylation sites (tertiary alicyclic amines) is 1. The van der Waals surface area contributed by atoms with Crippen LogP contribution in [0.1, 0.15) is 42.3 Å². The van der Waals surface area contributed by atoms with Crippen molar-refractivity contribution in [2.75, 3.05) is 6.54 Å². The lowest BCUT2D eigenvalue weighted by molar-refractivity contribution is 0.0702. The zero-order valence-electron chi connectivity index (χ0n) is 9.41. The summed E-state index contributed by atoms with van der Waals surface area (Å²) in [6.07, 6.45) is 4.77. The fourth-order valence-electron chi connectivity index (χ4n) is 2.15. The van der Waals surface area contributed by atoms with Gasteiger partial charge in [0.05, 0.1) is 0 Å². The molecule has 0 aromatic carbocycles. The van der Waals surface area contributed by atoms with Gasteiger partial charge in [-0.05, 0) is 47.1 Å². The number of carbonyl (C=O) groups is 1. The molecule has 88 valence electrons. The van der Waals surface area contributed by atoms with Gasteiger partial charge < -0.3 is 4.90 Å². The number of halogens is 1. The van der Waals surface area contributed by atoms with E-state index in [0.717, 1.165) is 28.7 Å². The summed E-state index contributed by atoms with van der Waals surface area (Å²) < 4.78 is 0.930. The molecule has 1 amide bonds. The van der Waals surface area contributed by atoms with Crippen LogP contribution in [0.4, 0.5) is 0 Å². The summed E-state index contributed by atoms with van der Waals surface area (Å²) >= 11 is 4.96. The van der Waals surface area contributed by atoms with E-state index >= 15 is 0 Å². The third-order valence-electron chi connectivity index (χ3n) is 3.13. The summed E-state index contributed by atoms with van der Waals surface area (Å²) in [5.74, 6) is 0.191. The van der Waals surface area contributed by atoms with Gasteiger partial charge in [-0.3, -0.25) is 4.79 Å². The molecule has 4 heteroatoms. The van der Waals surface area contributed by atoms with Crippen LogP contribution in [-0.4, -0.2) is 23.4 Å². The van der Waals surface area contributed by atoms with Gasteiger partial charge in [0.1, 0.15) is 4.88 Å². The van der Waals surface area contributed by atoms with Gasteiger partial charge in [-0.2, -0.15) is 0 Å². The average Bonchev–Trinajstić information content (AvgIpc) is 2.56. The Bertz CT molecular complexity index is 377. The first kappa shape index (κ1) is 12.1. The Balaban J connectivity index is 2.17. The Morgan fingerprint density at radius 1 is 1.50 bits per heavy atom. The molecule has 1 aliphatic rings. The zero-order valence-corrected chi connectivity index (χ0v) is 11.8. The van der Waals surface area contributed by atoms with Crippen LogP contribution >= 0.6 is 27.3 Å². The van der Waals surface area contributed by atoms with Crippen molar-refractivity contribution in [1.29, 1.82) is 0 Å². The molecule has 0 N–H and O–H groups in total. The van der Waals surface area contributed by atoms with Gasteiger partial charge in [-0.15, -0.1) is 11.3 Å². The Morgan fingerprint density at radius 3 is 3.00 bits per heavy atom. The van der Waals surface area contributed by atoms with Crippen LogP contribution in [0.5, 0.6) is 0 Å². The molecule has 1 unspecified atom stereocenters. The van der Waals surface area contributed by atoms with Gasteiger partial charge in [0, 0.05) is 17.1 Å². The van der Waals surface area contributed by atoms with E-state index in [4.69, 9.17) is 0 Å². The Kier molecular flexibility index (Phi) is 4.03. The van der Waals surface area contributed by atoms with Gasteiger partial charge in [-0.1, -0.05) is 12.8 Å². The molecule has 16 heavy (non-hydrogen) atoms. The quantitative estimate of drug-likeness (QED) is 0.770. The van der Waals surface area contributed by atoms with Crippen molar-refractivity contribution in [3.63, 3.8) is 0 Å². The second-order valence-corrected chi connectivity index (χ2v) is 6.07. The SMILES string of the molecule is CC1CCCCCN1C(=O)c1sccc1Br. The molecule has 0 radical (unpaired) electrons. The molecule has 2 nitrogen and oxygen atoms in total. The molecule has 1 aromatic rings. The highest BCUT2D eigenvalue weighted by Gasteiger charge is 2.24. The van der Waals surface area contributed by atoms with Crippen molar-refractivity contribution in [2.45, 2.75) is 38.6 Å². The van der Waals surface area contributed by atoms with E-state index in [1.807, 2.05) is 16.3 Å². The molecule has 1 atom stereocenters. The van der Waals surface area contributed by atoms with E-state index < -0.39 is 0 Å². The summed E-state index contributed by atoms with van der Waals surface area (Å²) in [6, 6.07) is 2.32. The molecule has 2 heterocycles. The predicted octanol–water partition coefficient (Wildman–Crippen LogP) is 3.92. The maximum absolute atomic E-state index is 12.4. The lowest BCUT2D eigenvalue weighted by atomic mass is 10.1. The number of thiophene rings is 1. The molecule has 0 aliphatic carbocycles. The highest BCUT2D eigenvalue weighted by atomic mass is 79.9. The van der Waals surface area contributed by atoms with E-state index in [9.17, 15) is 4.79 Å². The maximum atomic E-state index is 12.4. The van der Waals surface area contributed by atoms with E-state index in [-0.39, 0.29) is 5.91 Å². The highest BCUT2D eigenvalue weighted by molar-refractivity contribution is 9.10. The zero-order chi connectivity index (χ0) is 11.5. The molecule has 1 aromatic heterocycles. The Labute approximate surface area is 109 Å². The van der Waals surface area contributed by atoms with Crippen LogP contribution in [-0.2, 0) is 0 Å². The van der Waals surface area contributed by atoms with Crippen LogP contribution in [0.2, 0.25) is 0 Å². The summed E-state index contributed by atoms with van der Waals surface area (Å²) in [4.78, 5) is 15.2. The second kappa shape index (κ2) is 5.32. The van der Waals surface area contributed by atoms with Crippen LogP contribution in [0.3, 0.4) is 0 Å². The highest BCUT2D eigenvalue weighted by Crippen LogP contribution is 2.26. The van der Waals surface area contributed by atoms with Gasteiger partial charge in [0.2, 0.25) is 0 Å². The molecular formula is C12H16BrNOS. The van der Waals surface area contributed by atoms with Gasteiger partial charge in [-0.25, -0.2) is 0 Å². The normalized spacial score (nSPS) is 21.9. The average molecular weight is 302 g/mol. The lowest BCUT2D eigenvalue weighted by Gasteiger charge is -2.26. The molecule has 2 rings (SSSR count). The van der Waals surface area contributed by atoms with Crippen LogP contribution < -0.4 is 0 Å². The minimum Gasteiger partial charge on any atom is -0.335 e. The Hall–Kier alpha value is -0.350. The molecular weight excluding hydrogens is 286 g/mol. The molecule has 1 saturated heterocycles. The van der Waals surface area contributed by atoms with Crippen molar-refractivity contribution in [1.82, 2.24) is 4.90 Å². The van der Waals surface area contributed by atoms with Crippen molar-refractivity contribution >= 4 is 33.2 Å². The minimum absolute atomic E-state index is 0.191. The largest absolute Gasteiger partial charge is 0.335 e. The first-order valence-electron chi connectivity index (χ1n) is 5.74. The number of hydrogen-bond donors (Lipinski definition) is 0.